The van der Waals surface area contributed by atoms with E-state index < -0.39 is 0 Å². The van der Waals surface area contributed by atoms with Gasteiger partial charge >= 0.3 is 0 Å². The molecular weight excluding hydrogens is 321 g/mol. The van der Waals surface area contributed by atoms with E-state index in [1.54, 1.807) is 6.08 Å². The van der Waals surface area contributed by atoms with Crippen molar-refractivity contribution in [3.8, 4) is 0 Å². The van der Waals surface area contributed by atoms with Crippen LogP contribution in [0, 0.1) is 27.7 Å². The molecule has 0 spiro atoms. The average molecular weight is 344 g/mol. The molecule has 119 valence electrons. The summed E-state index contributed by atoms with van der Waals surface area (Å²) < 4.78 is 0. The Morgan fingerprint density at radius 3 is 1.78 bits per heavy atom. The largest absolute Gasteiger partial charge is 0.507 e. The number of hydrogen-bond acceptors (Lipinski definition) is 2. The second-order valence-corrected chi connectivity index (χ2v) is 5.79. The molecule has 0 saturated carbocycles. The molecule has 1 N–H and O–H groups in total. The standard InChI is InChI=1S/C20H23NO.V/c1-13-8-6-9-14(2)19(13)18(22)12-17(5)21-20-15(3)10-7-11-16(20)4;/h6-12,22H,1-5H3;/b18-12-,21-17?;. The first kappa shape index (κ1) is 19.3. The molecule has 0 amide bonds. The minimum atomic E-state index is 0. The number of aryl methyl sites for hydroxylation is 4. The van der Waals surface area contributed by atoms with Gasteiger partial charge in [-0.3, -0.25) is 4.99 Å². The average Bonchev–Trinajstić information content (AvgIpc) is 2.43. The molecule has 0 saturated heterocycles. The van der Waals surface area contributed by atoms with E-state index in [2.05, 4.69) is 4.99 Å². The van der Waals surface area contributed by atoms with E-state index in [1.165, 1.54) is 0 Å². The van der Waals surface area contributed by atoms with Crippen molar-refractivity contribution in [3.63, 3.8) is 0 Å². The van der Waals surface area contributed by atoms with Crippen molar-refractivity contribution in [2.45, 2.75) is 34.6 Å². The topological polar surface area (TPSA) is 32.6 Å². The van der Waals surface area contributed by atoms with Crippen LogP contribution in [-0.2, 0) is 18.6 Å². The van der Waals surface area contributed by atoms with Gasteiger partial charge in [0.25, 0.3) is 0 Å². The van der Waals surface area contributed by atoms with Crippen molar-refractivity contribution in [3.05, 3.63) is 70.3 Å². The van der Waals surface area contributed by atoms with Crippen LogP contribution in [0.5, 0.6) is 0 Å². The molecule has 0 fully saturated rings. The Labute approximate surface area is 150 Å². The molecule has 3 heteroatoms. The fraction of sp³-hybridized carbons (Fsp3) is 0.250. The van der Waals surface area contributed by atoms with Gasteiger partial charge in [0.1, 0.15) is 5.76 Å². The third-order valence-corrected chi connectivity index (χ3v) is 3.81. The Bertz CT molecular complexity index is 720. The van der Waals surface area contributed by atoms with E-state index in [1.807, 2.05) is 71.0 Å². The molecule has 0 bridgehead atoms. The molecule has 2 nitrogen and oxygen atoms in total. The molecule has 0 aliphatic carbocycles. The molecular formula is C20H23NOV. The van der Waals surface area contributed by atoms with Crippen LogP contribution in [0.1, 0.15) is 34.7 Å². The van der Waals surface area contributed by atoms with Gasteiger partial charge < -0.3 is 5.11 Å². The summed E-state index contributed by atoms with van der Waals surface area (Å²) in [5.74, 6) is 0.267. The first-order valence-electron chi connectivity index (χ1n) is 7.49. The van der Waals surface area contributed by atoms with Crippen molar-refractivity contribution in [2.24, 2.45) is 4.99 Å². The molecule has 0 aromatic heterocycles. The summed E-state index contributed by atoms with van der Waals surface area (Å²) in [6, 6.07) is 12.1. The number of allylic oxidation sites excluding steroid dienone is 1. The van der Waals surface area contributed by atoms with Crippen LogP contribution in [-0.4, -0.2) is 10.8 Å². The van der Waals surface area contributed by atoms with Gasteiger partial charge in [-0.15, -0.1) is 0 Å². The van der Waals surface area contributed by atoms with Gasteiger partial charge in [0.2, 0.25) is 0 Å². The van der Waals surface area contributed by atoms with Crippen molar-refractivity contribution < 1.29 is 23.7 Å². The quantitative estimate of drug-likeness (QED) is 0.570. The number of benzene rings is 2. The van der Waals surface area contributed by atoms with Crippen LogP contribution in [0.4, 0.5) is 5.69 Å². The Morgan fingerprint density at radius 2 is 1.30 bits per heavy atom. The first-order valence-corrected chi connectivity index (χ1v) is 7.49. The van der Waals surface area contributed by atoms with Gasteiger partial charge in [-0.05, 0) is 56.9 Å². The van der Waals surface area contributed by atoms with E-state index >= 15 is 0 Å². The monoisotopic (exact) mass is 344 g/mol. The fourth-order valence-corrected chi connectivity index (χ4v) is 2.68. The molecule has 2 rings (SSSR count). The minimum absolute atomic E-state index is 0. The second-order valence-electron chi connectivity index (χ2n) is 5.79. The van der Waals surface area contributed by atoms with Crippen LogP contribution in [0.25, 0.3) is 5.76 Å². The Balaban J connectivity index is 0.00000264. The van der Waals surface area contributed by atoms with Gasteiger partial charge in [-0.2, -0.15) is 0 Å². The molecule has 2 aromatic rings. The fourth-order valence-electron chi connectivity index (χ4n) is 2.68. The van der Waals surface area contributed by atoms with Crippen LogP contribution in [0.15, 0.2) is 47.5 Å². The maximum Gasteiger partial charge on any atom is 0.125 e. The number of aliphatic hydroxyl groups excluding tert-OH is 1. The van der Waals surface area contributed by atoms with Gasteiger partial charge in [-0.1, -0.05) is 36.4 Å². The predicted molar refractivity (Wildman–Crippen MR) is 95.2 cm³/mol. The zero-order chi connectivity index (χ0) is 16.3. The maximum atomic E-state index is 10.4. The zero-order valence-corrected chi connectivity index (χ0v) is 15.8. The SMILES string of the molecule is CC(/C=C(\O)c1c(C)cccc1C)=Nc1c(C)cccc1C.[V]. The molecule has 0 aliphatic heterocycles. The summed E-state index contributed by atoms with van der Waals surface area (Å²) >= 11 is 0. The van der Waals surface area contributed by atoms with Crippen LogP contribution in [0.3, 0.4) is 0 Å². The molecule has 23 heavy (non-hydrogen) atoms. The predicted octanol–water partition coefficient (Wildman–Crippen LogP) is 5.61. The Morgan fingerprint density at radius 1 is 0.870 bits per heavy atom. The molecule has 0 heterocycles. The number of rotatable bonds is 3. The van der Waals surface area contributed by atoms with E-state index in [0.29, 0.717) is 0 Å². The summed E-state index contributed by atoms with van der Waals surface area (Å²) in [4.78, 5) is 4.66. The van der Waals surface area contributed by atoms with E-state index in [4.69, 9.17) is 0 Å². The minimum Gasteiger partial charge on any atom is -0.507 e. The molecule has 2 aromatic carbocycles. The third kappa shape index (κ3) is 4.60. The summed E-state index contributed by atoms with van der Waals surface area (Å²) in [6.45, 7) is 10.0. The van der Waals surface area contributed by atoms with Crippen molar-refractivity contribution in [1.29, 1.82) is 0 Å². The molecule has 0 aliphatic rings. The van der Waals surface area contributed by atoms with E-state index in [-0.39, 0.29) is 24.3 Å². The number of nitrogens with zero attached hydrogens (tertiary/aromatic N) is 1. The van der Waals surface area contributed by atoms with Gasteiger partial charge in [0.15, 0.2) is 0 Å². The third-order valence-electron chi connectivity index (χ3n) is 3.81. The van der Waals surface area contributed by atoms with Crippen LogP contribution < -0.4 is 0 Å². The number of aliphatic hydroxyl groups is 1. The van der Waals surface area contributed by atoms with Gasteiger partial charge in [0, 0.05) is 35.9 Å². The maximum absolute atomic E-state index is 10.4. The summed E-state index contributed by atoms with van der Waals surface area (Å²) in [7, 11) is 0. The first-order chi connectivity index (χ1) is 10.4. The second kappa shape index (κ2) is 8.19. The molecule has 0 atom stereocenters. The number of aliphatic imine (C=N–C) groups is 1. The van der Waals surface area contributed by atoms with Crippen molar-refractivity contribution in [1.82, 2.24) is 0 Å². The van der Waals surface area contributed by atoms with Crippen LogP contribution >= 0.6 is 0 Å². The summed E-state index contributed by atoms with van der Waals surface area (Å²) in [6.07, 6.45) is 1.74. The van der Waals surface area contributed by atoms with E-state index in [9.17, 15) is 5.11 Å². The van der Waals surface area contributed by atoms with Crippen molar-refractivity contribution in [2.75, 3.05) is 0 Å². The van der Waals surface area contributed by atoms with Gasteiger partial charge in [0.05, 0.1) is 5.69 Å². The molecule has 0 unspecified atom stereocenters. The van der Waals surface area contributed by atoms with Crippen molar-refractivity contribution >= 4 is 17.2 Å². The summed E-state index contributed by atoms with van der Waals surface area (Å²) in [5.41, 5.74) is 7.06. The zero-order valence-electron chi connectivity index (χ0n) is 14.4. The van der Waals surface area contributed by atoms with Gasteiger partial charge in [-0.25, -0.2) is 0 Å². The number of hydrogen-bond donors (Lipinski definition) is 1. The normalized spacial score (nSPS) is 12.0. The molecule has 1 radical (unpaired) electrons. The van der Waals surface area contributed by atoms with E-state index in [0.717, 1.165) is 39.2 Å². The van der Waals surface area contributed by atoms with Crippen LogP contribution in [0.2, 0.25) is 0 Å². The Kier molecular flexibility index (Phi) is 6.87. The number of para-hydroxylation sites is 1. The Hall–Kier alpha value is -1.77. The smallest absolute Gasteiger partial charge is 0.125 e. The summed E-state index contributed by atoms with van der Waals surface area (Å²) in [5, 5.41) is 10.4.